The Morgan fingerprint density at radius 3 is 2.88 bits per heavy atom. The van der Waals surface area contributed by atoms with E-state index in [1.54, 1.807) is 6.20 Å². The highest BCUT2D eigenvalue weighted by Crippen LogP contribution is 2.13. The molecule has 0 fully saturated rings. The molecule has 1 rings (SSSR count). The zero-order valence-corrected chi connectivity index (χ0v) is 11.2. The van der Waals surface area contributed by atoms with Crippen molar-refractivity contribution in [2.75, 3.05) is 6.54 Å². The van der Waals surface area contributed by atoms with Gasteiger partial charge in [0.15, 0.2) is 0 Å². The van der Waals surface area contributed by atoms with Crippen molar-refractivity contribution in [2.45, 2.75) is 52.6 Å². The third-order valence-electron chi connectivity index (χ3n) is 2.79. The van der Waals surface area contributed by atoms with Gasteiger partial charge in [0.1, 0.15) is 0 Å². The molecule has 1 aromatic heterocycles. The predicted octanol–water partition coefficient (Wildman–Crippen LogP) is 3.01. The number of nitrogens with one attached hydrogen (secondary N) is 1. The van der Waals surface area contributed by atoms with Gasteiger partial charge in [0.05, 0.1) is 16.9 Å². The van der Waals surface area contributed by atoms with E-state index in [0.717, 1.165) is 30.2 Å². The zero-order chi connectivity index (χ0) is 12.0. The summed E-state index contributed by atoms with van der Waals surface area (Å²) in [6, 6.07) is 0.589. The summed E-state index contributed by atoms with van der Waals surface area (Å²) in [7, 11) is 0. The highest BCUT2D eigenvalue weighted by Gasteiger charge is 2.04. The van der Waals surface area contributed by atoms with Crippen LogP contribution in [0.3, 0.4) is 0 Å². The highest BCUT2D eigenvalue weighted by molar-refractivity contribution is 6.31. The van der Waals surface area contributed by atoms with Crippen LogP contribution < -0.4 is 5.32 Å². The molecule has 0 saturated carbocycles. The van der Waals surface area contributed by atoms with Gasteiger partial charge in [0.25, 0.3) is 0 Å². The Balaban J connectivity index is 2.22. The zero-order valence-electron chi connectivity index (χ0n) is 10.5. The van der Waals surface area contributed by atoms with E-state index in [2.05, 4.69) is 24.3 Å². The van der Waals surface area contributed by atoms with Gasteiger partial charge in [-0.3, -0.25) is 4.68 Å². The van der Waals surface area contributed by atoms with Gasteiger partial charge in [-0.15, -0.1) is 0 Å². The number of hydrogen-bond acceptors (Lipinski definition) is 2. The van der Waals surface area contributed by atoms with Crippen LogP contribution >= 0.6 is 11.6 Å². The predicted molar refractivity (Wildman–Crippen MR) is 69.0 cm³/mol. The first kappa shape index (κ1) is 13.5. The number of aromatic nitrogens is 2. The number of rotatable bonds is 7. The number of hydrogen-bond donors (Lipinski definition) is 1. The minimum Gasteiger partial charge on any atom is -0.314 e. The summed E-state index contributed by atoms with van der Waals surface area (Å²) in [5, 5.41) is 8.48. The van der Waals surface area contributed by atoms with E-state index in [-0.39, 0.29) is 0 Å². The lowest BCUT2D eigenvalue weighted by Gasteiger charge is -2.13. The molecule has 1 heterocycles. The third-order valence-corrected chi connectivity index (χ3v) is 3.16. The number of halogens is 1. The van der Waals surface area contributed by atoms with Gasteiger partial charge in [-0.2, -0.15) is 5.10 Å². The molecule has 1 atom stereocenters. The Hall–Kier alpha value is -0.540. The second-order valence-electron chi connectivity index (χ2n) is 4.30. The van der Waals surface area contributed by atoms with Gasteiger partial charge in [0, 0.05) is 12.6 Å². The van der Waals surface area contributed by atoms with Crippen LogP contribution in [-0.4, -0.2) is 22.4 Å². The smallest absolute Gasteiger partial charge is 0.0814 e. The van der Waals surface area contributed by atoms with Crippen molar-refractivity contribution in [1.82, 2.24) is 15.1 Å². The van der Waals surface area contributed by atoms with E-state index in [1.807, 2.05) is 11.6 Å². The van der Waals surface area contributed by atoms with Crippen LogP contribution in [0.2, 0.25) is 5.02 Å². The Labute approximate surface area is 103 Å². The molecule has 0 aliphatic rings. The third kappa shape index (κ3) is 4.14. The summed E-state index contributed by atoms with van der Waals surface area (Å²) in [5.41, 5.74) is 1.07. The molecular weight excluding hydrogens is 222 g/mol. The first-order valence-electron chi connectivity index (χ1n) is 6.06. The van der Waals surface area contributed by atoms with Crippen LogP contribution in [0.15, 0.2) is 6.20 Å². The lowest BCUT2D eigenvalue weighted by atomic mass is 10.2. The molecule has 0 amide bonds. The van der Waals surface area contributed by atoms with Crippen molar-refractivity contribution in [3.63, 3.8) is 0 Å². The molecule has 16 heavy (non-hydrogen) atoms. The quantitative estimate of drug-likeness (QED) is 0.798. The van der Waals surface area contributed by atoms with Crippen LogP contribution in [0.4, 0.5) is 0 Å². The molecule has 0 spiro atoms. The second kappa shape index (κ2) is 6.92. The Bertz CT molecular complexity index is 309. The van der Waals surface area contributed by atoms with Gasteiger partial charge in [-0.25, -0.2) is 0 Å². The van der Waals surface area contributed by atoms with Crippen LogP contribution in [0, 0.1) is 6.92 Å². The Kier molecular flexibility index (Phi) is 5.85. The van der Waals surface area contributed by atoms with E-state index >= 15 is 0 Å². The minimum atomic E-state index is 0.589. The van der Waals surface area contributed by atoms with Crippen molar-refractivity contribution in [2.24, 2.45) is 0 Å². The first-order valence-corrected chi connectivity index (χ1v) is 6.44. The van der Waals surface area contributed by atoms with Crippen LogP contribution in [0.25, 0.3) is 0 Å². The molecule has 1 unspecified atom stereocenters. The molecule has 92 valence electrons. The number of nitrogens with zero attached hydrogens (tertiary/aromatic N) is 2. The Morgan fingerprint density at radius 1 is 1.56 bits per heavy atom. The van der Waals surface area contributed by atoms with Crippen molar-refractivity contribution in [3.05, 3.63) is 16.9 Å². The van der Waals surface area contributed by atoms with Crippen molar-refractivity contribution in [1.29, 1.82) is 0 Å². The topological polar surface area (TPSA) is 29.9 Å². The maximum absolute atomic E-state index is 5.94. The summed E-state index contributed by atoms with van der Waals surface area (Å²) in [6.07, 6.45) is 5.22. The molecule has 0 bridgehead atoms. The normalized spacial score (nSPS) is 13.0. The SMILES string of the molecule is CCCNC(C)CCCn1ncc(Cl)c1C. The second-order valence-corrected chi connectivity index (χ2v) is 4.71. The van der Waals surface area contributed by atoms with Crippen LogP contribution in [0.5, 0.6) is 0 Å². The molecule has 4 heteroatoms. The highest BCUT2D eigenvalue weighted by atomic mass is 35.5. The Morgan fingerprint density at radius 2 is 2.31 bits per heavy atom. The van der Waals surface area contributed by atoms with Gasteiger partial charge in [-0.05, 0) is 39.7 Å². The maximum Gasteiger partial charge on any atom is 0.0814 e. The summed E-state index contributed by atoms with van der Waals surface area (Å²) < 4.78 is 1.98. The van der Waals surface area contributed by atoms with Crippen LogP contribution in [0.1, 0.15) is 38.8 Å². The van der Waals surface area contributed by atoms with Crippen molar-refractivity contribution >= 4 is 11.6 Å². The standard InChI is InChI=1S/C12H22ClN3/c1-4-7-14-10(2)6-5-8-16-11(3)12(13)9-15-16/h9-10,14H,4-8H2,1-3H3. The molecule has 0 saturated heterocycles. The summed E-state index contributed by atoms with van der Waals surface area (Å²) in [5.74, 6) is 0. The summed E-state index contributed by atoms with van der Waals surface area (Å²) >= 11 is 5.94. The first-order chi connectivity index (χ1) is 7.65. The van der Waals surface area contributed by atoms with Crippen molar-refractivity contribution < 1.29 is 0 Å². The average Bonchev–Trinajstić information content (AvgIpc) is 2.58. The minimum absolute atomic E-state index is 0.589. The van der Waals surface area contributed by atoms with E-state index in [0.29, 0.717) is 6.04 Å². The molecule has 0 aliphatic heterocycles. The van der Waals surface area contributed by atoms with E-state index in [4.69, 9.17) is 11.6 Å². The van der Waals surface area contributed by atoms with Gasteiger partial charge in [0.2, 0.25) is 0 Å². The van der Waals surface area contributed by atoms with Gasteiger partial charge < -0.3 is 5.32 Å². The molecule has 0 aromatic carbocycles. The largest absolute Gasteiger partial charge is 0.314 e. The van der Waals surface area contributed by atoms with Gasteiger partial charge in [-0.1, -0.05) is 18.5 Å². The fourth-order valence-electron chi connectivity index (χ4n) is 1.69. The number of aryl methyl sites for hydroxylation is 1. The van der Waals surface area contributed by atoms with Gasteiger partial charge >= 0.3 is 0 Å². The van der Waals surface area contributed by atoms with E-state index in [1.165, 1.54) is 12.8 Å². The average molecular weight is 244 g/mol. The molecule has 0 radical (unpaired) electrons. The van der Waals surface area contributed by atoms with Crippen LogP contribution in [-0.2, 0) is 6.54 Å². The van der Waals surface area contributed by atoms with E-state index in [9.17, 15) is 0 Å². The molecular formula is C12H22ClN3. The summed E-state index contributed by atoms with van der Waals surface area (Å²) in [4.78, 5) is 0. The molecule has 3 nitrogen and oxygen atoms in total. The van der Waals surface area contributed by atoms with Crippen molar-refractivity contribution in [3.8, 4) is 0 Å². The lowest BCUT2D eigenvalue weighted by molar-refractivity contribution is 0.460. The monoisotopic (exact) mass is 243 g/mol. The molecule has 0 aliphatic carbocycles. The lowest BCUT2D eigenvalue weighted by Crippen LogP contribution is -2.26. The fraction of sp³-hybridized carbons (Fsp3) is 0.750. The fourth-order valence-corrected chi connectivity index (χ4v) is 1.83. The summed E-state index contributed by atoms with van der Waals surface area (Å²) in [6.45, 7) is 8.49. The molecule has 1 N–H and O–H groups in total. The van der Waals surface area contributed by atoms with E-state index < -0.39 is 0 Å². The maximum atomic E-state index is 5.94. The molecule has 1 aromatic rings.